The molecule has 0 radical (unpaired) electrons. The molecule has 0 aromatic heterocycles. The Labute approximate surface area is 197 Å². The van der Waals surface area contributed by atoms with Crippen molar-refractivity contribution in [1.29, 1.82) is 0 Å². The highest BCUT2D eigenvalue weighted by molar-refractivity contribution is 5.92. The number of nitrogens with zero attached hydrogens (tertiary/aromatic N) is 3. The van der Waals surface area contributed by atoms with E-state index in [2.05, 4.69) is 41.8 Å². The summed E-state index contributed by atoms with van der Waals surface area (Å²) in [5, 5.41) is 7.17. The van der Waals surface area contributed by atoms with Crippen LogP contribution in [0.15, 0.2) is 48.1 Å². The number of carbonyl (C=O) groups is 1. The van der Waals surface area contributed by atoms with Crippen LogP contribution >= 0.6 is 0 Å². The molecule has 1 amide bonds. The minimum Gasteiger partial charge on any atom is -0.496 e. The Morgan fingerprint density at radius 2 is 1.94 bits per heavy atom. The molecule has 1 N–H and O–H groups in total. The zero-order chi connectivity index (χ0) is 24.4. The van der Waals surface area contributed by atoms with E-state index in [9.17, 15) is 4.79 Å². The first-order valence-electron chi connectivity index (χ1n) is 11.2. The summed E-state index contributed by atoms with van der Waals surface area (Å²) < 4.78 is 11.6. The third-order valence-electron chi connectivity index (χ3n) is 5.46. The molecule has 0 aliphatic carbocycles. The summed E-state index contributed by atoms with van der Waals surface area (Å²) in [7, 11) is 3.50. The molecule has 0 aliphatic rings. The van der Waals surface area contributed by atoms with Crippen LogP contribution in [0, 0.1) is 6.92 Å². The summed E-state index contributed by atoms with van der Waals surface area (Å²) >= 11 is 0. The van der Waals surface area contributed by atoms with Crippen molar-refractivity contribution in [1.82, 2.24) is 10.4 Å². The van der Waals surface area contributed by atoms with E-state index in [4.69, 9.17) is 9.47 Å². The average molecular weight is 453 g/mol. The lowest BCUT2D eigenvalue weighted by molar-refractivity contribution is -0.116. The fourth-order valence-electron chi connectivity index (χ4n) is 3.63. The normalized spacial score (nSPS) is 10.5. The van der Waals surface area contributed by atoms with E-state index in [1.54, 1.807) is 19.2 Å². The zero-order valence-electron chi connectivity index (χ0n) is 20.5. The predicted molar refractivity (Wildman–Crippen MR) is 136 cm³/mol. The summed E-state index contributed by atoms with van der Waals surface area (Å²) in [5.74, 6) is 1.11. The maximum Gasteiger partial charge on any atom is 0.244 e. The number of aryl methyl sites for hydroxylation is 1. The summed E-state index contributed by atoms with van der Waals surface area (Å²) in [6.45, 7) is 14.5. The molecule has 33 heavy (non-hydrogen) atoms. The standard InChI is InChI=1S/C26H36N4O3/c1-8-9-10-16-29(27-5)20(3)22-14-15-25(19(2)17-22)33-18-23-24(30(28-6)21(4)31)12-11-13-26(23)32-7/h11-15,17,27H,3,6,8-10,16,18H2,1-2,4-5,7H3. The molecule has 0 fully saturated rings. The number of rotatable bonds is 13. The van der Waals surface area contributed by atoms with Crippen molar-refractivity contribution in [2.75, 3.05) is 25.7 Å². The minimum atomic E-state index is -0.244. The van der Waals surface area contributed by atoms with Gasteiger partial charge in [-0.3, -0.25) is 4.79 Å². The Bertz CT molecular complexity index is 974. The van der Waals surface area contributed by atoms with Gasteiger partial charge in [-0.15, -0.1) is 0 Å². The van der Waals surface area contributed by atoms with Crippen molar-refractivity contribution in [3.63, 3.8) is 0 Å². The molecular weight excluding hydrogens is 416 g/mol. The molecule has 7 heteroatoms. The largest absolute Gasteiger partial charge is 0.496 e. The summed E-state index contributed by atoms with van der Waals surface area (Å²) in [6, 6.07) is 11.4. The smallest absolute Gasteiger partial charge is 0.244 e. The highest BCUT2D eigenvalue weighted by atomic mass is 16.5. The molecule has 7 nitrogen and oxygen atoms in total. The average Bonchev–Trinajstić information content (AvgIpc) is 2.81. The lowest BCUT2D eigenvalue weighted by atomic mass is 10.1. The number of benzene rings is 2. The molecule has 2 aromatic carbocycles. The molecule has 2 aromatic rings. The fourth-order valence-corrected chi connectivity index (χ4v) is 3.63. The van der Waals surface area contributed by atoms with Crippen molar-refractivity contribution in [2.45, 2.75) is 46.6 Å². The van der Waals surface area contributed by atoms with Crippen LogP contribution in [0.2, 0.25) is 0 Å². The van der Waals surface area contributed by atoms with Crippen molar-refractivity contribution >= 4 is 24.0 Å². The highest BCUT2D eigenvalue weighted by Gasteiger charge is 2.19. The quantitative estimate of drug-likeness (QED) is 0.259. The van der Waals surface area contributed by atoms with Gasteiger partial charge < -0.3 is 14.5 Å². The lowest BCUT2D eigenvalue weighted by Gasteiger charge is -2.26. The number of hydrogen-bond donors (Lipinski definition) is 1. The number of unbranched alkanes of at least 4 members (excludes halogenated alkanes) is 2. The Balaban J connectivity index is 2.22. The van der Waals surface area contributed by atoms with E-state index in [0.29, 0.717) is 17.0 Å². The Kier molecular flexibility index (Phi) is 9.94. The number of carbonyl (C=O) groups excluding carboxylic acids is 1. The topological polar surface area (TPSA) is 66.4 Å². The SMILES string of the molecule is C=NN(C(C)=O)c1cccc(OC)c1COc1ccc(C(=C)N(CCCCC)NC)cc1C. The molecule has 0 saturated heterocycles. The van der Waals surface area contributed by atoms with Crippen molar-refractivity contribution < 1.29 is 14.3 Å². The van der Waals surface area contributed by atoms with Crippen LogP contribution in [-0.4, -0.2) is 38.3 Å². The molecule has 0 heterocycles. The van der Waals surface area contributed by atoms with E-state index < -0.39 is 0 Å². The summed E-state index contributed by atoms with van der Waals surface area (Å²) in [4.78, 5) is 12.0. The number of ether oxygens (including phenoxy) is 2. The molecule has 0 unspecified atom stereocenters. The van der Waals surface area contributed by atoms with E-state index in [0.717, 1.165) is 35.5 Å². The predicted octanol–water partition coefficient (Wildman–Crippen LogP) is 5.15. The van der Waals surface area contributed by atoms with Crippen LogP contribution < -0.4 is 19.9 Å². The monoisotopic (exact) mass is 452 g/mol. The van der Waals surface area contributed by atoms with Crippen LogP contribution in [0.25, 0.3) is 5.70 Å². The van der Waals surface area contributed by atoms with Crippen LogP contribution in [-0.2, 0) is 11.4 Å². The van der Waals surface area contributed by atoms with Gasteiger partial charge in [-0.1, -0.05) is 32.4 Å². The zero-order valence-corrected chi connectivity index (χ0v) is 20.5. The number of nitrogens with one attached hydrogen (secondary N) is 1. The summed E-state index contributed by atoms with van der Waals surface area (Å²) in [5.41, 5.74) is 7.46. The van der Waals surface area contributed by atoms with Crippen LogP contribution in [0.4, 0.5) is 5.69 Å². The highest BCUT2D eigenvalue weighted by Crippen LogP contribution is 2.32. The van der Waals surface area contributed by atoms with Crippen molar-refractivity contribution in [3.05, 3.63) is 59.7 Å². The van der Waals surface area contributed by atoms with E-state index in [1.807, 2.05) is 32.2 Å². The molecule has 178 valence electrons. The number of amides is 1. The number of anilines is 1. The minimum absolute atomic E-state index is 0.208. The van der Waals surface area contributed by atoms with E-state index in [1.165, 1.54) is 24.8 Å². The Morgan fingerprint density at radius 3 is 2.52 bits per heavy atom. The van der Waals surface area contributed by atoms with E-state index in [-0.39, 0.29) is 12.5 Å². The van der Waals surface area contributed by atoms with Gasteiger partial charge in [0.05, 0.1) is 24.1 Å². The van der Waals surface area contributed by atoms with Gasteiger partial charge in [0.1, 0.15) is 18.1 Å². The molecule has 0 bridgehead atoms. The molecular formula is C26H36N4O3. The van der Waals surface area contributed by atoms with Gasteiger partial charge in [-0.25, -0.2) is 10.4 Å². The van der Waals surface area contributed by atoms with Gasteiger partial charge in [0.2, 0.25) is 5.91 Å². The van der Waals surface area contributed by atoms with Gasteiger partial charge in [0.25, 0.3) is 0 Å². The molecule has 0 atom stereocenters. The maximum absolute atomic E-state index is 12.0. The van der Waals surface area contributed by atoms with Crippen molar-refractivity contribution in [2.24, 2.45) is 5.10 Å². The number of methoxy groups -OCH3 is 1. The maximum atomic E-state index is 12.0. The van der Waals surface area contributed by atoms with Gasteiger partial charge in [0.15, 0.2) is 0 Å². The van der Waals surface area contributed by atoms with E-state index >= 15 is 0 Å². The van der Waals surface area contributed by atoms with Gasteiger partial charge in [0, 0.05) is 27.2 Å². The second-order valence-corrected chi connectivity index (χ2v) is 7.73. The van der Waals surface area contributed by atoms with Gasteiger partial charge in [-0.05, 0) is 54.8 Å². The fraction of sp³-hybridized carbons (Fsp3) is 0.385. The number of hydrogen-bond acceptors (Lipinski definition) is 6. The van der Waals surface area contributed by atoms with Crippen LogP contribution in [0.5, 0.6) is 11.5 Å². The summed E-state index contributed by atoms with van der Waals surface area (Å²) in [6.07, 6.45) is 3.47. The Morgan fingerprint density at radius 1 is 1.18 bits per heavy atom. The van der Waals surface area contributed by atoms with Crippen LogP contribution in [0.1, 0.15) is 49.8 Å². The first-order chi connectivity index (χ1) is 15.9. The third kappa shape index (κ3) is 6.58. The number of hydrazine groups is 1. The van der Waals surface area contributed by atoms with Crippen LogP contribution in [0.3, 0.4) is 0 Å². The molecule has 2 rings (SSSR count). The third-order valence-corrected chi connectivity index (χ3v) is 5.46. The first kappa shape index (κ1) is 25.9. The molecule has 0 saturated carbocycles. The van der Waals surface area contributed by atoms with Gasteiger partial charge in [-0.2, -0.15) is 5.10 Å². The first-order valence-corrected chi connectivity index (χ1v) is 11.2. The van der Waals surface area contributed by atoms with Crippen molar-refractivity contribution in [3.8, 4) is 11.5 Å². The second-order valence-electron chi connectivity index (χ2n) is 7.73. The molecule has 0 spiro atoms. The van der Waals surface area contributed by atoms with Gasteiger partial charge >= 0.3 is 0 Å². The molecule has 0 aliphatic heterocycles. The second kappa shape index (κ2) is 12.6. The number of hydrazone groups is 1. The Hall–Kier alpha value is -3.32. The lowest BCUT2D eigenvalue weighted by Crippen LogP contribution is -2.34.